The van der Waals surface area contributed by atoms with Gasteiger partial charge in [-0.25, -0.2) is 4.98 Å². The second-order valence-corrected chi connectivity index (χ2v) is 11.9. The van der Waals surface area contributed by atoms with E-state index in [1.165, 1.54) is 69.1 Å². The molecule has 6 aromatic carbocycles. The average molecular weight is 541 g/mol. The van der Waals surface area contributed by atoms with Crippen molar-refractivity contribution in [2.24, 2.45) is 0 Å². The molecule has 0 amide bonds. The molecule has 0 bridgehead atoms. The summed E-state index contributed by atoms with van der Waals surface area (Å²) in [5.41, 5.74) is 5.73. The number of benzene rings is 6. The molecule has 0 aliphatic carbocycles. The summed E-state index contributed by atoms with van der Waals surface area (Å²) in [6.07, 6.45) is 0. The van der Waals surface area contributed by atoms with Crippen LogP contribution in [0.1, 0.15) is 5.56 Å². The Hall–Kier alpha value is -4.99. The highest BCUT2D eigenvalue weighted by molar-refractivity contribution is 7.25. The van der Waals surface area contributed by atoms with Crippen LogP contribution in [-0.4, -0.2) is 9.55 Å². The van der Waals surface area contributed by atoms with Crippen LogP contribution in [0, 0.1) is 6.92 Å². The van der Waals surface area contributed by atoms with E-state index in [9.17, 15) is 0 Å². The maximum absolute atomic E-state index is 5.51. The van der Waals surface area contributed by atoms with Gasteiger partial charge in [-0.15, -0.1) is 11.3 Å². The molecular weight excluding hydrogens is 516 g/mol. The summed E-state index contributed by atoms with van der Waals surface area (Å²) in [5, 5.41) is 10.0. The molecule has 0 saturated carbocycles. The first-order valence-electron chi connectivity index (χ1n) is 14.0. The standard InChI is InChI=1S/C38H24N2S/c1-23-26-14-7-8-17-29(26)36(25-12-3-2-4-13-25)39-38(23)40-33-22-35-32(28-16-9-10-18-34(28)41-35)21-31(33)30-20-19-24-11-5-6-15-27(24)37(30)40/h2-22H,1H3. The number of aromatic nitrogens is 2. The van der Waals surface area contributed by atoms with Gasteiger partial charge < -0.3 is 0 Å². The fourth-order valence-corrected chi connectivity index (χ4v) is 7.76. The molecule has 9 rings (SSSR count). The molecule has 3 aromatic heterocycles. The summed E-state index contributed by atoms with van der Waals surface area (Å²) < 4.78 is 5.06. The van der Waals surface area contributed by atoms with Crippen molar-refractivity contribution in [3.05, 3.63) is 133 Å². The summed E-state index contributed by atoms with van der Waals surface area (Å²) in [6, 6.07) is 46.1. The lowest BCUT2D eigenvalue weighted by molar-refractivity contribution is 1.07. The van der Waals surface area contributed by atoms with Crippen LogP contribution in [0.5, 0.6) is 0 Å². The van der Waals surface area contributed by atoms with Crippen molar-refractivity contribution in [1.82, 2.24) is 9.55 Å². The first kappa shape index (κ1) is 22.8. The molecule has 0 saturated heterocycles. The second kappa shape index (κ2) is 8.50. The van der Waals surface area contributed by atoms with Crippen LogP contribution in [0.15, 0.2) is 127 Å². The molecule has 0 N–H and O–H groups in total. The third kappa shape index (κ3) is 3.21. The Morgan fingerprint density at radius 1 is 0.537 bits per heavy atom. The minimum Gasteiger partial charge on any atom is -0.293 e. The number of thiophene rings is 1. The Morgan fingerprint density at radius 2 is 1.24 bits per heavy atom. The van der Waals surface area contributed by atoms with Crippen LogP contribution in [0.4, 0.5) is 0 Å². The van der Waals surface area contributed by atoms with Crippen molar-refractivity contribution in [3.63, 3.8) is 0 Å². The van der Waals surface area contributed by atoms with E-state index in [0.29, 0.717) is 0 Å². The van der Waals surface area contributed by atoms with Crippen molar-refractivity contribution < 1.29 is 0 Å². The van der Waals surface area contributed by atoms with Gasteiger partial charge in [0.25, 0.3) is 0 Å². The molecule has 0 fully saturated rings. The summed E-state index contributed by atoms with van der Waals surface area (Å²) in [5.74, 6) is 0.986. The molecule has 0 aliphatic heterocycles. The first-order valence-corrected chi connectivity index (χ1v) is 14.8. The van der Waals surface area contributed by atoms with E-state index in [-0.39, 0.29) is 0 Å². The molecule has 3 heterocycles. The van der Waals surface area contributed by atoms with Gasteiger partial charge in [-0.2, -0.15) is 0 Å². The van der Waals surface area contributed by atoms with Gasteiger partial charge in [-0.1, -0.05) is 109 Å². The van der Waals surface area contributed by atoms with Gasteiger partial charge in [0.2, 0.25) is 0 Å². The van der Waals surface area contributed by atoms with Gasteiger partial charge in [-0.3, -0.25) is 4.57 Å². The van der Waals surface area contributed by atoms with Crippen LogP contribution in [0.2, 0.25) is 0 Å². The summed E-state index contributed by atoms with van der Waals surface area (Å²) in [4.78, 5) is 5.51. The zero-order valence-electron chi connectivity index (χ0n) is 22.4. The Bertz CT molecular complexity index is 2480. The van der Waals surface area contributed by atoms with Crippen LogP contribution in [0.25, 0.3) is 80.6 Å². The number of hydrogen-bond donors (Lipinski definition) is 0. The van der Waals surface area contributed by atoms with Crippen LogP contribution < -0.4 is 0 Å². The van der Waals surface area contributed by atoms with Crippen LogP contribution in [-0.2, 0) is 0 Å². The highest BCUT2D eigenvalue weighted by Gasteiger charge is 2.21. The van der Waals surface area contributed by atoms with Crippen molar-refractivity contribution in [2.75, 3.05) is 0 Å². The topological polar surface area (TPSA) is 17.8 Å². The molecule has 0 aliphatic rings. The van der Waals surface area contributed by atoms with E-state index in [4.69, 9.17) is 4.98 Å². The van der Waals surface area contributed by atoms with Crippen molar-refractivity contribution in [3.8, 4) is 17.1 Å². The van der Waals surface area contributed by atoms with Gasteiger partial charge in [0.05, 0.1) is 16.7 Å². The Kier molecular flexibility index (Phi) is 4.73. The Balaban J connectivity index is 1.51. The normalized spacial score (nSPS) is 12.0. The zero-order valence-corrected chi connectivity index (χ0v) is 23.2. The highest BCUT2D eigenvalue weighted by Crippen LogP contribution is 2.43. The van der Waals surface area contributed by atoms with E-state index in [1.807, 2.05) is 11.3 Å². The molecule has 41 heavy (non-hydrogen) atoms. The smallest absolute Gasteiger partial charge is 0.141 e. The van der Waals surface area contributed by atoms with Gasteiger partial charge in [0.15, 0.2) is 0 Å². The minimum absolute atomic E-state index is 0.986. The van der Waals surface area contributed by atoms with E-state index in [2.05, 4.69) is 139 Å². The predicted octanol–water partition coefficient (Wildman–Crippen LogP) is 10.8. The third-order valence-corrected chi connectivity index (χ3v) is 9.68. The maximum atomic E-state index is 5.51. The van der Waals surface area contributed by atoms with Crippen LogP contribution >= 0.6 is 11.3 Å². The number of pyridine rings is 1. The minimum atomic E-state index is 0.986. The molecule has 0 atom stereocenters. The average Bonchev–Trinajstić information content (AvgIpc) is 3.56. The van der Waals surface area contributed by atoms with Gasteiger partial charge >= 0.3 is 0 Å². The van der Waals surface area contributed by atoms with Crippen molar-refractivity contribution in [2.45, 2.75) is 6.92 Å². The van der Waals surface area contributed by atoms with Gasteiger partial charge in [0, 0.05) is 52.8 Å². The molecule has 0 spiro atoms. The zero-order chi connectivity index (χ0) is 27.1. The lowest BCUT2D eigenvalue weighted by Crippen LogP contribution is -2.03. The Labute approximate surface area is 240 Å². The van der Waals surface area contributed by atoms with E-state index < -0.39 is 0 Å². The molecule has 0 unspecified atom stereocenters. The number of hydrogen-bond acceptors (Lipinski definition) is 2. The maximum Gasteiger partial charge on any atom is 0.141 e. The van der Waals surface area contributed by atoms with Crippen LogP contribution in [0.3, 0.4) is 0 Å². The molecule has 9 aromatic rings. The monoisotopic (exact) mass is 540 g/mol. The predicted molar refractivity (Wildman–Crippen MR) is 177 cm³/mol. The number of rotatable bonds is 2. The van der Waals surface area contributed by atoms with E-state index in [1.54, 1.807) is 0 Å². The largest absolute Gasteiger partial charge is 0.293 e. The van der Waals surface area contributed by atoms with E-state index in [0.717, 1.165) is 17.1 Å². The van der Waals surface area contributed by atoms with E-state index >= 15 is 0 Å². The summed E-state index contributed by atoms with van der Waals surface area (Å²) in [7, 11) is 0. The lowest BCUT2D eigenvalue weighted by Gasteiger charge is -2.17. The molecule has 0 radical (unpaired) electrons. The quantitative estimate of drug-likeness (QED) is 0.213. The van der Waals surface area contributed by atoms with Crippen molar-refractivity contribution in [1.29, 1.82) is 0 Å². The molecular formula is C38H24N2S. The lowest BCUT2D eigenvalue weighted by atomic mass is 10.0. The summed E-state index contributed by atoms with van der Waals surface area (Å²) in [6.45, 7) is 2.22. The Morgan fingerprint density at radius 3 is 2.10 bits per heavy atom. The number of aryl methyl sites for hydroxylation is 1. The molecule has 192 valence electrons. The number of nitrogens with zero attached hydrogens (tertiary/aromatic N) is 2. The molecule has 3 heteroatoms. The highest BCUT2D eigenvalue weighted by atomic mass is 32.1. The van der Waals surface area contributed by atoms with Gasteiger partial charge in [0.1, 0.15) is 5.82 Å². The fourth-order valence-electron chi connectivity index (χ4n) is 6.64. The third-order valence-electron chi connectivity index (χ3n) is 8.55. The van der Waals surface area contributed by atoms with Crippen molar-refractivity contribution >= 4 is 74.9 Å². The van der Waals surface area contributed by atoms with Gasteiger partial charge in [-0.05, 0) is 35.9 Å². The summed E-state index contributed by atoms with van der Waals surface area (Å²) >= 11 is 1.87. The fraction of sp³-hybridized carbons (Fsp3) is 0.0263. The molecule has 2 nitrogen and oxygen atoms in total. The number of fused-ring (bicyclic) bond motifs is 9. The SMILES string of the molecule is Cc1c(-n2c3cc4sc5ccccc5c4cc3c3ccc4ccccc4c32)nc(-c2ccccc2)c2ccccc12. The second-order valence-electron chi connectivity index (χ2n) is 10.8. The first-order chi connectivity index (χ1) is 20.3.